The monoisotopic (exact) mass is 224 g/mol. The summed E-state index contributed by atoms with van der Waals surface area (Å²) in [5, 5.41) is 0. The second-order valence-corrected chi connectivity index (χ2v) is 15.9. The van der Waals surface area contributed by atoms with Crippen molar-refractivity contribution < 1.29 is 0 Å². The molecule has 0 bridgehead atoms. The molecule has 0 saturated heterocycles. The van der Waals surface area contributed by atoms with Gasteiger partial charge in [-0.25, -0.2) is 0 Å². The number of hydrogen-bond acceptors (Lipinski definition) is 0. The van der Waals surface area contributed by atoms with Crippen molar-refractivity contribution in [1.82, 2.24) is 0 Å². The third-order valence-corrected chi connectivity index (χ3v) is 7.90. The summed E-state index contributed by atoms with van der Waals surface area (Å²) in [5.74, 6) is 0. The molecule has 0 aromatic heterocycles. The topological polar surface area (TPSA) is 0 Å². The Kier molecular flexibility index (Phi) is 3.59. The molecule has 0 saturated carbocycles. The van der Waals surface area contributed by atoms with Crippen molar-refractivity contribution in [3.63, 3.8) is 0 Å². The van der Waals surface area contributed by atoms with E-state index in [0.717, 1.165) is 5.54 Å². The molecule has 0 aromatic rings. The minimum atomic E-state index is -1.11. The van der Waals surface area contributed by atoms with Crippen LogP contribution in [0.15, 0.2) is 23.6 Å². The van der Waals surface area contributed by atoms with Gasteiger partial charge in [-0.15, -0.1) is 11.4 Å². The van der Waals surface area contributed by atoms with Gasteiger partial charge in [0.15, 0.2) is 0 Å². The first-order chi connectivity index (χ1) is 6.31. The van der Waals surface area contributed by atoms with E-state index in [4.69, 9.17) is 0 Å². The maximum Gasteiger partial charge on any atom is 0.0775 e. The van der Waals surface area contributed by atoms with Crippen molar-refractivity contribution in [2.24, 2.45) is 0 Å². The van der Waals surface area contributed by atoms with Crippen LogP contribution in [0.5, 0.6) is 0 Å². The van der Waals surface area contributed by atoms with Crippen molar-refractivity contribution in [3.8, 4) is 0 Å². The Balaban J connectivity index is 2.65. The summed E-state index contributed by atoms with van der Waals surface area (Å²) in [5.41, 5.74) is 6.04. The van der Waals surface area contributed by atoms with Gasteiger partial charge in [0.2, 0.25) is 0 Å². The Hall–Kier alpha value is -0.0862. The highest BCUT2D eigenvalue weighted by Crippen LogP contribution is 2.34. The van der Waals surface area contributed by atoms with E-state index < -0.39 is 16.1 Å². The molecule has 2 heteroatoms. The average Bonchev–Trinajstić information content (AvgIpc) is 2.52. The van der Waals surface area contributed by atoms with Gasteiger partial charge in [0.1, 0.15) is 0 Å². The lowest BCUT2D eigenvalue weighted by Crippen LogP contribution is -2.30. The van der Waals surface area contributed by atoms with Crippen LogP contribution >= 0.6 is 0 Å². The Bertz CT molecular complexity index is 244. The molecule has 14 heavy (non-hydrogen) atoms. The molecule has 0 heterocycles. The Labute approximate surface area is 91.1 Å². The second kappa shape index (κ2) is 4.19. The van der Waals surface area contributed by atoms with Crippen molar-refractivity contribution in [1.29, 1.82) is 0 Å². The number of hydrogen-bond donors (Lipinski definition) is 0. The summed E-state index contributed by atoms with van der Waals surface area (Å²) in [4.78, 5) is 0. The molecule has 0 nitrogen and oxygen atoms in total. The van der Waals surface area contributed by atoms with Crippen molar-refractivity contribution in [3.05, 3.63) is 23.6 Å². The van der Waals surface area contributed by atoms with Crippen LogP contribution in [0.25, 0.3) is 0 Å². The largest absolute Gasteiger partial charge is 0.103 e. The van der Waals surface area contributed by atoms with Gasteiger partial charge in [-0.05, 0) is 18.4 Å². The zero-order valence-electron chi connectivity index (χ0n) is 10.3. The first kappa shape index (κ1) is 12.0. The van der Waals surface area contributed by atoms with E-state index in [0.29, 0.717) is 0 Å². The van der Waals surface area contributed by atoms with Crippen LogP contribution in [0, 0.1) is 0 Å². The Morgan fingerprint density at radius 1 is 1.07 bits per heavy atom. The molecule has 0 amide bonds. The molecule has 0 aliphatic heterocycles. The smallest absolute Gasteiger partial charge is 0.0775 e. The fourth-order valence-electron chi connectivity index (χ4n) is 1.84. The zero-order valence-corrected chi connectivity index (χ0v) is 12.3. The molecule has 1 atom stereocenters. The molecule has 1 rings (SSSR count). The van der Waals surface area contributed by atoms with E-state index in [-0.39, 0.29) is 0 Å². The van der Waals surface area contributed by atoms with Gasteiger partial charge in [-0.2, -0.15) is 0 Å². The molecule has 1 aliphatic carbocycles. The first-order valence-electron chi connectivity index (χ1n) is 5.68. The van der Waals surface area contributed by atoms with E-state index in [2.05, 4.69) is 56.3 Å². The lowest BCUT2D eigenvalue weighted by atomic mass is 10.4. The van der Waals surface area contributed by atoms with E-state index in [1.165, 1.54) is 12.8 Å². The third-order valence-electron chi connectivity index (χ3n) is 2.98. The Morgan fingerprint density at radius 3 is 2.14 bits per heavy atom. The summed E-state index contributed by atoms with van der Waals surface area (Å²) >= 11 is 0. The lowest BCUT2D eigenvalue weighted by molar-refractivity contribution is 0.899. The van der Waals surface area contributed by atoms with Crippen molar-refractivity contribution in [2.45, 2.75) is 51.1 Å². The zero-order chi connectivity index (χ0) is 10.8. The average molecular weight is 224 g/mol. The fraction of sp³-hybridized carbons (Fsp3) is 0.667. The highest BCUT2D eigenvalue weighted by molar-refractivity contribution is 6.88. The SMILES string of the molecule is C[Si](C)(C)/C=C/[Si](C)(C)C1C=CCC1. The van der Waals surface area contributed by atoms with E-state index in [1.54, 1.807) is 0 Å². The molecule has 0 radical (unpaired) electrons. The van der Waals surface area contributed by atoms with Gasteiger partial charge in [0.05, 0.1) is 16.1 Å². The predicted octanol–water partition coefficient (Wildman–Crippen LogP) is 4.39. The molecule has 1 aliphatic rings. The second-order valence-electron chi connectivity index (χ2n) is 6.13. The highest BCUT2D eigenvalue weighted by atomic mass is 28.3. The minimum absolute atomic E-state index is 0.898. The van der Waals surface area contributed by atoms with Gasteiger partial charge in [0.25, 0.3) is 0 Å². The van der Waals surface area contributed by atoms with E-state index >= 15 is 0 Å². The number of rotatable bonds is 3. The Morgan fingerprint density at radius 2 is 1.71 bits per heavy atom. The molecule has 0 fully saturated rings. The van der Waals surface area contributed by atoms with Gasteiger partial charge >= 0.3 is 0 Å². The molecular formula is C12H24Si2. The van der Waals surface area contributed by atoms with Crippen LogP contribution in [0.3, 0.4) is 0 Å². The van der Waals surface area contributed by atoms with Crippen LogP contribution in [-0.4, -0.2) is 16.1 Å². The summed E-state index contributed by atoms with van der Waals surface area (Å²) < 4.78 is 0. The quantitative estimate of drug-likeness (QED) is 0.493. The van der Waals surface area contributed by atoms with Crippen LogP contribution in [-0.2, 0) is 0 Å². The molecule has 0 aromatic carbocycles. The van der Waals surface area contributed by atoms with Crippen LogP contribution in [0.2, 0.25) is 38.3 Å². The molecule has 0 spiro atoms. The van der Waals surface area contributed by atoms with Gasteiger partial charge in [-0.3, -0.25) is 0 Å². The van der Waals surface area contributed by atoms with Gasteiger partial charge in [0, 0.05) is 0 Å². The normalized spacial score (nSPS) is 23.6. The maximum atomic E-state index is 2.60. The lowest BCUT2D eigenvalue weighted by Gasteiger charge is -2.26. The van der Waals surface area contributed by atoms with E-state index in [1.807, 2.05) is 0 Å². The van der Waals surface area contributed by atoms with Gasteiger partial charge < -0.3 is 0 Å². The summed E-state index contributed by atoms with van der Waals surface area (Å²) in [6.07, 6.45) is 7.53. The maximum absolute atomic E-state index is 2.60. The van der Waals surface area contributed by atoms with Crippen LogP contribution in [0.4, 0.5) is 0 Å². The van der Waals surface area contributed by atoms with Gasteiger partial charge in [-0.1, -0.05) is 44.9 Å². The standard InChI is InChI=1S/C12H24Si2/c1-13(2,3)10-11-14(4,5)12-8-6-7-9-12/h6,8,10-12H,7,9H2,1-5H3/b11-10+. The summed E-state index contributed by atoms with van der Waals surface area (Å²) in [7, 11) is -2.10. The van der Waals surface area contributed by atoms with E-state index in [9.17, 15) is 0 Å². The number of allylic oxidation sites excluding steroid dienone is 2. The first-order valence-corrected chi connectivity index (χ1v) is 12.4. The third kappa shape index (κ3) is 3.58. The van der Waals surface area contributed by atoms with Crippen molar-refractivity contribution in [2.75, 3.05) is 0 Å². The van der Waals surface area contributed by atoms with Crippen molar-refractivity contribution >= 4 is 16.1 Å². The van der Waals surface area contributed by atoms with Crippen LogP contribution < -0.4 is 0 Å². The minimum Gasteiger partial charge on any atom is -0.103 e. The van der Waals surface area contributed by atoms with Crippen LogP contribution in [0.1, 0.15) is 12.8 Å². The molecule has 0 N–H and O–H groups in total. The predicted molar refractivity (Wildman–Crippen MR) is 72.1 cm³/mol. The summed E-state index contributed by atoms with van der Waals surface area (Å²) in [6, 6.07) is 0. The highest BCUT2D eigenvalue weighted by Gasteiger charge is 2.29. The summed E-state index contributed by atoms with van der Waals surface area (Å²) in [6.45, 7) is 12.3. The molecule has 1 unspecified atom stereocenters. The molecular weight excluding hydrogens is 200 g/mol. The fourth-order valence-corrected chi connectivity index (χ4v) is 7.35. The molecule has 80 valence electrons.